The fraction of sp³-hybridized carbons (Fsp3) is 0.400. The van der Waals surface area contributed by atoms with Gasteiger partial charge < -0.3 is 4.74 Å². The fourth-order valence-corrected chi connectivity index (χ4v) is 4.25. The first kappa shape index (κ1) is 19.0. The highest BCUT2D eigenvalue weighted by atomic mass is 32.2. The van der Waals surface area contributed by atoms with Crippen molar-refractivity contribution in [2.24, 2.45) is 0 Å². The third-order valence-electron chi connectivity index (χ3n) is 4.71. The first-order chi connectivity index (χ1) is 12.5. The fourth-order valence-electron chi connectivity index (χ4n) is 3.21. The minimum absolute atomic E-state index is 0.0148. The van der Waals surface area contributed by atoms with Gasteiger partial charge in [-0.25, -0.2) is 13.1 Å². The molecule has 5 nitrogen and oxygen atoms in total. The van der Waals surface area contributed by atoms with E-state index in [1.54, 1.807) is 12.1 Å². The van der Waals surface area contributed by atoms with E-state index in [4.69, 9.17) is 4.74 Å². The molecule has 1 fully saturated rings. The summed E-state index contributed by atoms with van der Waals surface area (Å²) < 4.78 is 33.6. The standard InChI is InChI=1S/C20H26N2O3S/c1-16-6-8-19(9-7-16)26(23,24)21-15-20(22-10-12-25-13-11-22)18-5-3-4-17(2)14-18/h3-9,14,20-21H,10-13,15H2,1-2H3. The van der Waals surface area contributed by atoms with E-state index >= 15 is 0 Å². The first-order valence-corrected chi connectivity index (χ1v) is 10.4. The predicted molar refractivity (Wildman–Crippen MR) is 103 cm³/mol. The largest absolute Gasteiger partial charge is 0.379 e. The van der Waals surface area contributed by atoms with Crippen LogP contribution in [-0.2, 0) is 14.8 Å². The average molecular weight is 375 g/mol. The molecule has 0 aliphatic carbocycles. The van der Waals surface area contributed by atoms with Crippen LogP contribution in [0.5, 0.6) is 0 Å². The van der Waals surface area contributed by atoms with Gasteiger partial charge in [-0.15, -0.1) is 0 Å². The van der Waals surface area contributed by atoms with Gasteiger partial charge in [-0.05, 0) is 31.5 Å². The molecule has 1 unspecified atom stereocenters. The highest BCUT2D eigenvalue weighted by Crippen LogP contribution is 2.23. The molecule has 0 spiro atoms. The second-order valence-corrected chi connectivity index (χ2v) is 8.51. The van der Waals surface area contributed by atoms with Crippen molar-refractivity contribution in [3.63, 3.8) is 0 Å². The Kier molecular flexibility index (Phi) is 6.09. The Hall–Kier alpha value is -1.73. The molecular weight excluding hydrogens is 348 g/mol. The van der Waals surface area contributed by atoms with E-state index in [0.717, 1.165) is 24.2 Å². The Bertz CT molecular complexity index is 828. The lowest BCUT2D eigenvalue weighted by molar-refractivity contribution is 0.0172. The van der Waals surface area contributed by atoms with Crippen LogP contribution < -0.4 is 4.72 Å². The maximum Gasteiger partial charge on any atom is 0.240 e. The number of sulfonamides is 1. The van der Waals surface area contributed by atoms with Gasteiger partial charge >= 0.3 is 0 Å². The number of benzene rings is 2. The summed E-state index contributed by atoms with van der Waals surface area (Å²) in [6, 6.07) is 15.2. The van der Waals surface area contributed by atoms with E-state index in [1.165, 1.54) is 5.56 Å². The Morgan fingerprint density at radius 1 is 1.04 bits per heavy atom. The molecule has 1 atom stereocenters. The maximum atomic E-state index is 12.7. The summed E-state index contributed by atoms with van der Waals surface area (Å²) in [5.74, 6) is 0. The highest BCUT2D eigenvalue weighted by molar-refractivity contribution is 7.89. The monoisotopic (exact) mass is 374 g/mol. The summed E-state index contributed by atoms with van der Waals surface area (Å²) in [6.45, 7) is 7.27. The molecule has 1 N–H and O–H groups in total. The van der Waals surface area contributed by atoms with E-state index in [2.05, 4.69) is 34.7 Å². The number of morpholine rings is 1. The summed E-state index contributed by atoms with van der Waals surface area (Å²) in [7, 11) is -3.54. The van der Waals surface area contributed by atoms with E-state index < -0.39 is 10.0 Å². The second kappa shape index (κ2) is 8.31. The number of aryl methyl sites for hydroxylation is 2. The van der Waals surface area contributed by atoms with Gasteiger partial charge in [0.1, 0.15) is 0 Å². The molecule has 1 aliphatic rings. The van der Waals surface area contributed by atoms with Gasteiger partial charge in [-0.3, -0.25) is 4.90 Å². The zero-order valence-corrected chi connectivity index (χ0v) is 16.1. The molecule has 1 saturated heterocycles. The molecule has 1 aliphatic heterocycles. The Labute approximate surface area is 156 Å². The van der Waals surface area contributed by atoms with Gasteiger partial charge in [0, 0.05) is 25.7 Å². The summed E-state index contributed by atoms with van der Waals surface area (Å²) in [5.41, 5.74) is 3.33. The molecule has 0 aromatic heterocycles. The van der Waals surface area contributed by atoms with Crippen molar-refractivity contribution in [2.45, 2.75) is 24.8 Å². The van der Waals surface area contributed by atoms with Gasteiger partial charge in [0.05, 0.1) is 18.1 Å². The molecular formula is C20H26N2O3S. The normalized spacial score (nSPS) is 17.2. The van der Waals surface area contributed by atoms with Crippen LogP contribution >= 0.6 is 0 Å². The zero-order chi connectivity index (χ0) is 18.6. The lowest BCUT2D eigenvalue weighted by Gasteiger charge is -2.35. The molecule has 3 rings (SSSR count). The van der Waals surface area contributed by atoms with Crippen LogP contribution in [0.4, 0.5) is 0 Å². The minimum Gasteiger partial charge on any atom is -0.379 e. The molecule has 6 heteroatoms. The molecule has 26 heavy (non-hydrogen) atoms. The van der Waals surface area contributed by atoms with Crippen molar-refractivity contribution in [3.8, 4) is 0 Å². The molecule has 0 amide bonds. The van der Waals surface area contributed by atoms with Crippen LogP contribution in [-0.4, -0.2) is 46.2 Å². The van der Waals surface area contributed by atoms with Gasteiger partial charge in [0.2, 0.25) is 10.0 Å². The first-order valence-electron chi connectivity index (χ1n) is 8.90. The Morgan fingerprint density at radius 2 is 1.73 bits per heavy atom. The zero-order valence-electron chi connectivity index (χ0n) is 15.3. The van der Waals surface area contributed by atoms with Crippen molar-refractivity contribution in [1.82, 2.24) is 9.62 Å². The topological polar surface area (TPSA) is 58.6 Å². The van der Waals surface area contributed by atoms with Crippen LogP contribution in [0.25, 0.3) is 0 Å². The molecule has 0 bridgehead atoms. The van der Waals surface area contributed by atoms with Crippen LogP contribution in [0, 0.1) is 13.8 Å². The van der Waals surface area contributed by atoms with Crippen molar-refractivity contribution in [1.29, 1.82) is 0 Å². The SMILES string of the molecule is Cc1ccc(S(=O)(=O)NCC(c2cccc(C)c2)N2CCOCC2)cc1. The van der Waals surface area contributed by atoms with Crippen LogP contribution in [0.2, 0.25) is 0 Å². The van der Waals surface area contributed by atoms with E-state index in [-0.39, 0.29) is 6.04 Å². The van der Waals surface area contributed by atoms with Crippen LogP contribution in [0.15, 0.2) is 53.4 Å². The van der Waals surface area contributed by atoms with Crippen molar-refractivity contribution >= 4 is 10.0 Å². The second-order valence-electron chi connectivity index (χ2n) is 6.74. The molecule has 140 valence electrons. The van der Waals surface area contributed by atoms with E-state index in [1.807, 2.05) is 25.1 Å². The van der Waals surface area contributed by atoms with Crippen molar-refractivity contribution in [3.05, 3.63) is 65.2 Å². The van der Waals surface area contributed by atoms with Gasteiger partial charge in [0.15, 0.2) is 0 Å². The van der Waals surface area contributed by atoms with Crippen molar-refractivity contribution < 1.29 is 13.2 Å². The van der Waals surface area contributed by atoms with E-state index in [9.17, 15) is 8.42 Å². The van der Waals surface area contributed by atoms with Crippen molar-refractivity contribution in [2.75, 3.05) is 32.8 Å². The van der Waals surface area contributed by atoms with E-state index in [0.29, 0.717) is 24.7 Å². The minimum atomic E-state index is -3.54. The molecule has 1 heterocycles. The predicted octanol–water partition coefficient (Wildman–Crippen LogP) is 2.66. The van der Waals surface area contributed by atoms with Gasteiger partial charge in [-0.2, -0.15) is 0 Å². The van der Waals surface area contributed by atoms with Gasteiger partial charge in [0.25, 0.3) is 0 Å². The number of nitrogens with zero attached hydrogens (tertiary/aromatic N) is 1. The quantitative estimate of drug-likeness (QED) is 0.845. The smallest absolute Gasteiger partial charge is 0.240 e. The third-order valence-corrected chi connectivity index (χ3v) is 6.15. The average Bonchev–Trinajstić information content (AvgIpc) is 2.63. The summed E-state index contributed by atoms with van der Waals surface area (Å²) in [4.78, 5) is 2.59. The Morgan fingerprint density at radius 3 is 2.38 bits per heavy atom. The number of ether oxygens (including phenoxy) is 1. The molecule has 2 aromatic carbocycles. The number of hydrogen-bond acceptors (Lipinski definition) is 4. The summed E-state index contributed by atoms with van der Waals surface area (Å²) in [6.07, 6.45) is 0. The summed E-state index contributed by atoms with van der Waals surface area (Å²) in [5, 5.41) is 0. The molecule has 0 saturated carbocycles. The Balaban J connectivity index is 1.80. The third kappa shape index (κ3) is 4.71. The summed E-state index contributed by atoms with van der Waals surface area (Å²) >= 11 is 0. The maximum absolute atomic E-state index is 12.7. The number of hydrogen-bond donors (Lipinski definition) is 1. The lowest BCUT2D eigenvalue weighted by atomic mass is 10.0. The van der Waals surface area contributed by atoms with Crippen LogP contribution in [0.1, 0.15) is 22.7 Å². The number of rotatable bonds is 6. The van der Waals surface area contributed by atoms with Crippen LogP contribution in [0.3, 0.4) is 0 Å². The highest BCUT2D eigenvalue weighted by Gasteiger charge is 2.25. The molecule has 0 radical (unpaired) electrons. The molecule has 2 aromatic rings. The lowest BCUT2D eigenvalue weighted by Crippen LogP contribution is -2.43. The van der Waals surface area contributed by atoms with Gasteiger partial charge in [-0.1, -0.05) is 47.5 Å². The number of nitrogens with one attached hydrogen (secondary N) is 1.